The molecule has 3 rings (SSSR count). The summed E-state index contributed by atoms with van der Waals surface area (Å²) in [7, 11) is 0. The monoisotopic (exact) mass is 443 g/mol. The molecule has 0 bridgehead atoms. The van der Waals surface area contributed by atoms with E-state index in [0.717, 1.165) is 23.3 Å². The van der Waals surface area contributed by atoms with E-state index in [1.807, 2.05) is 36.4 Å². The Kier molecular flexibility index (Phi) is 7.32. The summed E-state index contributed by atoms with van der Waals surface area (Å²) in [5.41, 5.74) is 1.53. The van der Waals surface area contributed by atoms with Crippen molar-refractivity contribution in [3.05, 3.63) is 77.4 Å². The Labute approximate surface area is 183 Å². The largest absolute Gasteiger partial charge is 0.378 e. The van der Waals surface area contributed by atoms with Gasteiger partial charge in [0.1, 0.15) is 23.7 Å². The number of aliphatic hydroxyl groups excluding tert-OH is 1. The van der Waals surface area contributed by atoms with Gasteiger partial charge in [-0.15, -0.1) is 0 Å². The average Bonchev–Trinajstić information content (AvgIpc) is 2.94. The average molecular weight is 443 g/mol. The summed E-state index contributed by atoms with van der Waals surface area (Å²) in [6, 6.07) is 9.71. The standard InChI is InChI=1S/C23H23F2N3O4/c1-13(27-23(32)20(29)16-9-17(24)12-18(25)10-16)21(30)28-19-11-15(7-8-26-22(19)31)14-5-3-2-4-6-14/h2-7,9-10,12-13,19-20,29H,8,11H2,1H3,(H,26,31)(H,27,32)(H,28,30)/t13-,19-,20+/m0/s1. The smallest absolute Gasteiger partial charge is 0.254 e. The molecule has 0 radical (unpaired) electrons. The molecule has 0 fully saturated rings. The van der Waals surface area contributed by atoms with Gasteiger partial charge in [-0.3, -0.25) is 14.4 Å². The van der Waals surface area contributed by atoms with Gasteiger partial charge in [0, 0.05) is 19.0 Å². The summed E-state index contributed by atoms with van der Waals surface area (Å²) >= 11 is 0. The lowest BCUT2D eigenvalue weighted by atomic mass is 9.98. The molecule has 2 aromatic rings. The molecule has 1 heterocycles. The van der Waals surface area contributed by atoms with Gasteiger partial charge >= 0.3 is 0 Å². The van der Waals surface area contributed by atoms with Gasteiger partial charge in [-0.05, 0) is 35.8 Å². The van der Waals surface area contributed by atoms with E-state index < -0.39 is 41.6 Å². The number of hydrogen-bond donors (Lipinski definition) is 4. The molecular weight excluding hydrogens is 420 g/mol. The topological polar surface area (TPSA) is 108 Å². The van der Waals surface area contributed by atoms with Crippen molar-refractivity contribution < 1.29 is 28.3 Å². The van der Waals surface area contributed by atoms with Crippen LogP contribution in [0.3, 0.4) is 0 Å². The zero-order valence-corrected chi connectivity index (χ0v) is 17.3. The van der Waals surface area contributed by atoms with E-state index in [9.17, 15) is 28.3 Å². The first-order chi connectivity index (χ1) is 15.2. The Bertz CT molecular complexity index is 1020. The molecule has 32 heavy (non-hydrogen) atoms. The van der Waals surface area contributed by atoms with E-state index in [1.54, 1.807) is 0 Å². The Morgan fingerprint density at radius 3 is 2.41 bits per heavy atom. The van der Waals surface area contributed by atoms with Crippen LogP contribution >= 0.6 is 0 Å². The third kappa shape index (κ3) is 5.76. The van der Waals surface area contributed by atoms with Crippen LogP contribution in [0.4, 0.5) is 8.78 Å². The van der Waals surface area contributed by atoms with Crippen LogP contribution in [-0.4, -0.2) is 41.5 Å². The molecule has 168 valence electrons. The minimum atomic E-state index is -1.87. The Morgan fingerprint density at radius 2 is 1.75 bits per heavy atom. The fourth-order valence-corrected chi connectivity index (χ4v) is 3.34. The van der Waals surface area contributed by atoms with Crippen molar-refractivity contribution in [1.29, 1.82) is 0 Å². The highest BCUT2D eigenvalue weighted by atomic mass is 19.1. The number of aliphatic hydroxyl groups is 1. The first-order valence-corrected chi connectivity index (χ1v) is 10.0. The van der Waals surface area contributed by atoms with E-state index in [2.05, 4.69) is 16.0 Å². The van der Waals surface area contributed by atoms with Crippen molar-refractivity contribution in [2.45, 2.75) is 31.5 Å². The van der Waals surface area contributed by atoms with E-state index >= 15 is 0 Å². The fraction of sp³-hybridized carbons (Fsp3) is 0.261. The SMILES string of the molecule is C[C@H](NC(=O)[C@H](O)c1cc(F)cc(F)c1)C(=O)N[C@H]1CC(c2ccccc2)=CCNC1=O. The number of carbonyl (C=O) groups excluding carboxylic acids is 3. The van der Waals surface area contributed by atoms with Crippen LogP contribution in [0.2, 0.25) is 0 Å². The molecule has 0 saturated carbocycles. The molecule has 1 aliphatic heterocycles. The van der Waals surface area contributed by atoms with Gasteiger partial charge in [0.2, 0.25) is 11.8 Å². The van der Waals surface area contributed by atoms with Crippen molar-refractivity contribution in [3.8, 4) is 0 Å². The molecule has 1 aliphatic rings. The van der Waals surface area contributed by atoms with Crippen molar-refractivity contribution in [2.75, 3.05) is 6.54 Å². The minimum Gasteiger partial charge on any atom is -0.378 e. The normalized spacial score (nSPS) is 17.9. The summed E-state index contributed by atoms with van der Waals surface area (Å²) in [4.78, 5) is 37.2. The maximum atomic E-state index is 13.3. The van der Waals surface area contributed by atoms with Crippen LogP contribution in [-0.2, 0) is 14.4 Å². The molecule has 3 amide bonds. The molecule has 0 saturated heterocycles. The summed E-state index contributed by atoms with van der Waals surface area (Å²) in [6.45, 7) is 1.69. The molecule has 0 aromatic heterocycles. The van der Waals surface area contributed by atoms with Gasteiger partial charge in [0.25, 0.3) is 5.91 Å². The number of amides is 3. The van der Waals surface area contributed by atoms with E-state index in [-0.39, 0.29) is 17.9 Å². The molecular formula is C23H23F2N3O4. The van der Waals surface area contributed by atoms with Crippen molar-refractivity contribution in [1.82, 2.24) is 16.0 Å². The molecule has 0 spiro atoms. The number of rotatable bonds is 6. The van der Waals surface area contributed by atoms with Crippen LogP contribution in [0.1, 0.15) is 30.6 Å². The molecule has 7 nitrogen and oxygen atoms in total. The van der Waals surface area contributed by atoms with Crippen LogP contribution in [0.5, 0.6) is 0 Å². The Balaban J connectivity index is 1.63. The Morgan fingerprint density at radius 1 is 1.09 bits per heavy atom. The highest BCUT2D eigenvalue weighted by Gasteiger charge is 2.28. The second kappa shape index (κ2) is 10.1. The van der Waals surface area contributed by atoms with E-state index in [4.69, 9.17) is 0 Å². The second-order valence-electron chi connectivity index (χ2n) is 7.44. The molecule has 3 atom stereocenters. The lowest BCUT2D eigenvalue weighted by Crippen LogP contribution is -2.52. The van der Waals surface area contributed by atoms with E-state index in [1.165, 1.54) is 6.92 Å². The predicted octanol–water partition coefficient (Wildman–Crippen LogP) is 1.59. The number of halogens is 2. The summed E-state index contributed by atoms with van der Waals surface area (Å²) < 4.78 is 26.7. The molecule has 0 aliphatic carbocycles. The lowest BCUT2D eigenvalue weighted by Gasteiger charge is -2.21. The van der Waals surface area contributed by atoms with Gasteiger partial charge in [-0.1, -0.05) is 36.4 Å². The zero-order chi connectivity index (χ0) is 23.3. The van der Waals surface area contributed by atoms with Crippen LogP contribution < -0.4 is 16.0 Å². The van der Waals surface area contributed by atoms with Gasteiger partial charge < -0.3 is 21.1 Å². The van der Waals surface area contributed by atoms with Gasteiger partial charge in [0.05, 0.1) is 0 Å². The molecule has 2 aromatic carbocycles. The van der Waals surface area contributed by atoms with Crippen molar-refractivity contribution >= 4 is 23.3 Å². The number of nitrogens with one attached hydrogen (secondary N) is 3. The summed E-state index contributed by atoms with van der Waals surface area (Å²) in [6.07, 6.45) is 0.260. The van der Waals surface area contributed by atoms with Crippen molar-refractivity contribution in [2.24, 2.45) is 0 Å². The van der Waals surface area contributed by atoms with Crippen molar-refractivity contribution in [3.63, 3.8) is 0 Å². The minimum absolute atomic E-state index is 0.257. The number of carbonyl (C=O) groups is 3. The maximum Gasteiger partial charge on any atom is 0.254 e. The highest BCUT2D eigenvalue weighted by molar-refractivity contribution is 5.94. The first-order valence-electron chi connectivity index (χ1n) is 10.0. The second-order valence-corrected chi connectivity index (χ2v) is 7.44. The van der Waals surface area contributed by atoms with E-state index in [0.29, 0.717) is 12.6 Å². The summed E-state index contributed by atoms with van der Waals surface area (Å²) in [5.74, 6) is -3.91. The number of hydrogen-bond acceptors (Lipinski definition) is 4. The maximum absolute atomic E-state index is 13.3. The van der Waals surface area contributed by atoms with Gasteiger partial charge in [0.15, 0.2) is 6.10 Å². The molecule has 9 heteroatoms. The number of benzene rings is 2. The fourth-order valence-electron chi connectivity index (χ4n) is 3.34. The van der Waals surface area contributed by atoms with Gasteiger partial charge in [-0.2, -0.15) is 0 Å². The highest BCUT2D eigenvalue weighted by Crippen LogP contribution is 2.21. The van der Waals surface area contributed by atoms with Gasteiger partial charge in [-0.25, -0.2) is 8.78 Å². The lowest BCUT2D eigenvalue weighted by molar-refractivity contribution is -0.135. The first kappa shape index (κ1) is 23.1. The molecule has 4 N–H and O–H groups in total. The predicted molar refractivity (Wildman–Crippen MR) is 113 cm³/mol. The summed E-state index contributed by atoms with van der Waals surface area (Å²) in [5, 5.41) is 17.7. The molecule has 0 unspecified atom stereocenters. The Hall–Kier alpha value is -3.59. The zero-order valence-electron chi connectivity index (χ0n) is 17.3. The van der Waals surface area contributed by atoms with Crippen LogP contribution in [0.15, 0.2) is 54.6 Å². The third-order valence-corrected chi connectivity index (χ3v) is 5.03. The van der Waals surface area contributed by atoms with Crippen LogP contribution in [0.25, 0.3) is 5.57 Å². The quantitative estimate of drug-likeness (QED) is 0.544. The van der Waals surface area contributed by atoms with Crippen LogP contribution in [0, 0.1) is 11.6 Å². The third-order valence-electron chi connectivity index (χ3n) is 5.03.